The first kappa shape index (κ1) is 30.3. The SMILES string of the molecule is C[C@@H]1[C@@H]([Si](C)(C)F)[C@H](CCn2cc(C(CO)c3ccccc3)nn2)O[C@@]12C(=O)N(C)c1ccc(-n3[nH]c4ccccc4c3=O)cc12. The molecule has 2 aliphatic rings. The minimum atomic E-state index is -3.36. The molecule has 12 heteroatoms. The monoisotopic (exact) mass is 640 g/mol. The summed E-state index contributed by atoms with van der Waals surface area (Å²) in [4.78, 5) is 29.0. The predicted octanol–water partition coefficient (Wildman–Crippen LogP) is 4.88. The molecule has 4 heterocycles. The molecule has 1 spiro atoms. The first-order chi connectivity index (χ1) is 22.0. The van der Waals surface area contributed by atoms with Crippen molar-refractivity contribution in [3.63, 3.8) is 0 Å². The normalized spacial score (nSPS) is 23.5. The highest BCUT2D eigenvalue weighted by Crippen LogP contribution is 2.60. The minimum absolute atomic E-state index is 0.111. The molecular weight excluding hydrogens is 603 g/mol. The number of amides is 1. The lowest BCUT2D eigenvalue weighted by atomic mass is 9.82. The second kappa shape index (κ2) is 11.1. The van der Waals surface area contributed by atoms with E-state index in [1.165, 1.54) is 4.68 Å². The Kier molecular flexibility index (Phi) is 7.33. The molecule has 10 nitrogen and oxygen atoms in total. The van der Waals surface area contributed by atoms with Gasteiger partial charge in [0.1, 0.15) is 0 Å². The van der Waals surface area contributed by atoms with Gasteiger partial charge < -0.3 is 18.9 Å². The van der Waals surface area contributed by atoms with Crippen LogP contribution in [0.15, 0.2) is 83.8 Å². The van der Waals surface area contributed by atoms with Crippen molar-refractivity contribution in [3.05, 3.63) is 106 Å². The average Bonchev–Trinajstić information content (AvgIpc) is 3.78. The number of hydrogen-bond donors (Lipinski definition) is 2. The first-order valence-electron chi connectivity index (χ1n) is 15.6. The number of aliphatic hydroxyl groups excluding tert-OH is 1. The molecular formula is C34H37FN6O4Si. The van der Waals surface area contributed by atoms with Gasteiger partial charge in [-0.15, -0.1) is 5.10 Å². The molecule has 0 bridgehead atoms. The zero-order valence-electron chi connectivity index (χ0n) is 26.2. The van der Waals surface area contributed by atoms with E-state index in [1.807, 2.05) is 73.8 Å². The second-order valence-corrected chi connectivity index (χ2v) is 16.8. The van der Waals surface area contributed by atoms with Crippen molar-refractivity contribution in [1.82, 2.24) is 24.8 Å². The molecule has 2 N–H and O–H groups in total. The lowest BCUT2D eigenvalue weighted by Crippen LogP contribution is -2.44. The van der Waals surface area contributed by atoms with Crippen molar-refractivity contribution in [2.45, 2.75) is 56.1 Å². The summed E-state index contributed by atoms with van der Waals surface area (Å²) in [6.45, 7) is 5.55. The fourth-order valence-electron chi connectivity index (χ4n) is 7.69. The van der Waals surface area contributed by atoms with Crippen LogP contribution in [0.4, 0.5) is 9.80 Å². The maximum absolute atomic E-state index is 16.2. The molecule has 0 aliphatic carbocycles. The van der Waals surface area contributed by atoms with Crippen LogP contribution in [0, 0.1) is 5.92 Å². The van der Waals surface area contributed by atoms with Crippen LogP contribution in [0.3, 0.4) is 0 Å². The molecule has 5 atom stereocenters. The van der Waals surface area contributed by atoms with Crippen LogP contribution in [-0.4, -0.2) is 64.0 Å². The lowest BCUT2D eigenvalue weighted by Gasteiger charge is -2.31. The Hall–Kier alpha value is -4.39. The molecule has 0 saturated carbocycles. The number of nitrogens with zero attached hydrogens (tertiary/aromatic N) is 5. The number of H-pyrrole nitrogens is 1. The highest BCUT2D eigenvalue weighted by Gasteiger charge is 2.66. The van der Waals surface area contributed by atoms with Crippen molar-refractivity contribution in [3.8, 4) is 5.69 Å². The third-order valence-corrected chi connectivity index (χ3v) is 12.3. The highest BCUT2D eigenvalue weighted by atomic mass is 28.4. The van der Waals surface area contributed by atoms with E-state index in [1.54, 1.807) is 41.9 Å². The standard InChI is InChI=1S/C34H37FN6O4Si/c1-21-31(46(3,4)35)30(16-17-40-19-28(36-38-40)25(20-42)22-10-6-5-7-11-22)45-34(21)26-18-23(14-15-29(26)39(2)33(34)44)41-32(43)24-12-8-9-13-27(24)37-41/h5-15,18-19,21,25,30-31,37,42H,16-17,20H2,1-4H3/t21-,25?,30+,31-,34+/m1/s1. The van der Waals surface area contributed by atoms with E-state index in [4.69, 9.17) is 4.74 Å². The molecule has 2 aromatic heterocycles. The molecule has 2 aliphatic heterocycles. The van der Waals surface area contributed by atoms with E-state index in [-0.39, 0.29) is 24.0 Å². The molecule has 238 valence electrons. The molecule has 1 fully saturated rings. The number of aromatic nitrogens is 5. The second-order valence-electron chi connectivity index (χ2n) is 13.0. The Morgan fingerprint density at radius 2 is 1.83 bits per heavy atom. The Morgan fingerprint density at radius 3 is 2.54 bits per heavy atom. The van der Waals surface area contributed by atoms with Gasteiger partial charge in [-0.3, -0.25) is 19.4 Å². The highest BCUT2D eigenvalue weighted by molar-refractivity contribution is 6.72. The van der Waals surface area contributed by atoms with E-state index in [2.05, 4.69) is 15.4 Å². The van der Waals surface area contributed by atoms with Gasteiger partial charge in [-0.1, -0.05) is 54.6 Å². The van der Waals surface area contributed by atoms with Crippen LogP contribution < -0.4 is 10.5 Å². The summed E-state index contributed by atoms with van der Waals surface area (Å²) in [5.41, 5.74) is 2.10. The Balaban J connectivity index is 1.22. The van der Waals surface area contributed by atoms with E-state index in [9.17, 15) is 14.7 Å². The summed E-state index contributed by atoms with van der Waals surface area (Å²) < 4.78 is 26.2. The predicted molar refractivity (Wildman–Crippen MR) is 175 cm³/mol. The van der Waals surface area contributed by atoms with Gasteiger partial charge >= 0.3 is 0 Å². The molecule has 1 unspecified atom stereocenters. The van der Waals surface area contributed by atoms with E-state index in [0.29, 0.717) is 46.5 Å². The van der Waals surface area contributed by atoms with Gasteiger partial charge in [0, 0.05) is 36.8 Å². The van der Waals surface area contributed by atoms with Gasteiger partial charge in [-0.05, 0) is 55.4 Å². The maximum atomic E-state index is 16.2. The van der Waals surface area contributed by atoms with Gasteiger partial charge in [-0.2, -0.15) is 0 Å². The number of carbonyl (C=O) groups excluding carboxylic acids is 1. The van der Waals surface area contributed by atoms with Gasteiger partial charge in [0.2, 0.25) is 8.41 Å². The fourth-order valence-corrected chi connectivity index (χ4v) is 10.2. The smallest absolute Gasteiger partial charge is 0.279 e. The zero-order valence-corrected chi connectivity index (χ0v) is 27.2. The molecule has 1 saturated heterocycles. The molecule has 1 amide bonds. The largest absolute Gasteiger partial charge is 0.395 e. The summed E-state index contributed by atoms with van der Waals surface area (Å²) in [6, 6.07) is 22.4. The molecule has 7 rings (SSSR count). The quantitative estimate of drug-likeness (QED) is 0.185. The van der Waals surface area contributed by atoms with E-state index >= 15 is 4.11 Å². The first-order valence-corrected chi connectivity index (χ1v) is 18.6. The number of nitrogens with one attached hydrogen (secondary N) is 1. The van der Waals surface area contributed by atoms with Gasteiger partial charge in [0.05, 0.1) is 46.6 Å². The summed E-state index contributed by atoms with van der Waals surface area (Å²) >= 11 is 0. The van der Waals surface area contributed by atoms with Crippen molar-refractivity contribution in [1.29, 1.82) is 0 Å². The number of halogens is 1. The lowest BCUT2D eigenvalue weighted by molar-refractivity contribution is -0.145. The third kappa shape index (κ3) is 4.66. The van der Waals surface area contributed by atoms with Crippen LogP contribution in [0.2, 0.25) is 18.6 Å². The number of rotatable bonds is 8. The number of aryl methyl sites for hydroxylation is 1. The van der Waals surface area contributed by atoms with Crippen LogP contribution in [0.1, 0.15) is 36.1 Å². The number of aromatic amines is 1. The van der Waals surface area contributed by atoms with Crippen molar-refractivity contribution in [2.24, 2.45) is 5.92 Å². The maximum Gasteiger partial charge on any atom is 0.279 e. The van der Waals surface area contributed by atoms with E-state index in [0.717, 1.165) is 5.56 Å². The molecule has 0 radical (unpaired) electrons. The number of benzene rings is 3. The van der Waals surface area contributed by atoms with Crippen molar-refractivity contribution in [2.75, 3.05) is 18.6 Å². The van der Waals surface area contributed by atoms with E-state index < -0.39 is 31.6 Å². The molecule has 5 aromatic rings. The van der Waals surface area contributed by atoms with Crippen molar-refractivity contribution >= 4 is 30.9 Å². The number of para-hydroxylation sites is 1. The number of aliphatic hydroxyl groups is 1. The number of carbonyl (C=O) groups is 1. The average molecular weight is 641 g/mol. The van der Waals surface area contributed by atoms with Gasteiger partial charge in [0.25, 0.3) is 11.5 Å². The van der Waals surface area contributed by atoms with Crippen LogP contribution in [-0.2, 0) is 21.7 Å². The summed E-state index contributed by atoms with van der Waals surface area (Å²) in [6.07, 6.45) is 1.67. The van der Waals surface area contributed by atoms with Gasteiger partial charge in [0.15, 0.2) is 5.60 Å². The third-order valence-electron chi connectivity index (χ3n) is 9.87. The van der Waals surface area contributed by atoms with Crippen LogP contribution in [0.25, 0.3) is 16.6 Å². The molecule has 3 aromatic carbocycles. The number of hydrogen-bond acceptors (Lipinski definition) is 6. The van der Waals surface area contributed by atoms with Gasteiger partial charge in [-0.25, -0.2) is 4.68 Å². The van der Waals surface area contributed by atoms with Crippen LogP contribution >= 0.6 is 0 Å². The Labute approximate surface area is 266 Å². The minimum Gasteiger partial charge on any atom is -0.395 e. The fraction of sp³-hybridized carbons (Fsp3) is 0.353. The number of anilines is 1. The Morgan fingerprint density at radius 1 is 1.09 bits per heavy atom. The number of likely N-dealkylation sites (N-methyl/N-ethyl adjacent to an activating group) is 1. The summed E-state index contributed by atoms with van der Waals surface area (Å²) in [7, 11) is -1.65. The number of fused-ring (bicyclic) bond motifs is 3. The summed E-state index contributed by atoms with van der Waals surface area (Å²) in [5.74, 6) is -1.01. The Bertz CT molecular complexity index is 1980. The summed E-state index contributed by atoms with van der Waals surface area (Å²) in [5, 5.41) is 22.5. The van der Waals surface area contributed by atoms with Crippen LogP contribution in [0.5, 0.6) is 0 Å². The number of ether oxygens (including phenoxy) is 1. The van der Waals surface area contributed by atoms with Crippen molar-refractivity contribution < 1.29 is 18.7 Å². The molecule has 46 heavy (non-hydrogen) atoms. The zero-order chi connectivity index (χ0) is 32.4. The topological polar surface area (TPSA) is 118 Å².